The molecule has 2 saturated carbocycles. The Morgan fingerprint density at radius 2 is 2.10 bits per heavy atom. The highest BCUT2D eigenvalue weighted by Gasteiger charge is 2.56. The van der Waals surface area contributed by atoms with E-state index in [9.17, 15) is 0 Å². The van der Waals surface area contributed by atoms with Crippen LogP contribution >= 0.6 is 0 Å². The Morgan fingerprint density at radius 1 is 1.29 bits per heavy atom. The molecule has 3 heteroatoms. The molecule has 1 spiro atoms. The van der Waals surface area contributed by atoms with Crippen molar-refractivity contribution in [3.63, 3.8) is 0 Å². The zero-order valence-corrected chi connectivity index (χ0v) is 13.2. The van der Waals surface area contributed by atoms with Gasteiger partial charge in [0.1, 0.15) is 0 Å². The molecule has 0 amide bonds. The summed E-state index contributed by atoms with van der Waals surface area (Å²) in [5.74, 6) is 0. The number of benzene rings is 1. The molecule has 3 rings (SSSR count). The monoisotopic (exact) mass is 289 g/mol. The topological polar surface area (TPSA) is 30.5 Å². The lowest BCUT2D eigenvalue weighted by molar-refractivity contribution is -0.114. The second-order valence-corrected chi connectivity index (χ2v) is 6.45. The predicted molar refractivity (Wildman–Crippen MR) is 85.5 cm³/mol. The Labute approximate surface area is 128 Å². The highest BCUT2D eigenvalue weighted by atomic mass is 16.5. The summed E-state index contributed by atoms with van der Waals surface area (Å²) in [6, 6.07) is 9.16. The van der Waals surface area contributed by atoms with Crippen LogP contribution in [0.5, 0.6) is 0 Å². The minimum absolute atomic E-state index is 0.382. The lowest BCUT2D eigenvalue weighted by Crippen LogP contribution is -2.60. The fourth-order valence-electron chi connectivity index (χ4n) is 4.21. The molecule has 2 unspecified atom stereocenters. The number of hydrogen-bond acceptors (Lipinski definition) is 3. The summed E-state index contributed by atoms with van der Waals surface area (Å²) in [7, 11) is 1.74. The molecule has 0 bridgehead atoms. The van der Waals surface area contributed by atoms with Gasteiger partial charge in [-0.25, -0.2) is 0 Å². The fourth-order valence-corrected chi connectivity index (χ4v) is 4.21. The van der Waals surface area contributed by atoms with E-state index in [2.05, 4.69) is 36.5 Å². The smallest absolute Gasteiger partial charge is 0.0713 e. The third-order valence-corrected chi connectivity index (χ3v) is 5.27. The first-order chi connectivity index (χ1) is 10.3. The Bertz CT molecular complexity index is 468. The van der Waals surface area contributed by atoms with Crippen molar-refractivity contribution < 1.29 is 9.47 Å². The molecule has 0 heterocycles. The molecule has 1 aromatic rings. The second-order valence-electron chi connectivity index (χ2n) is 6.45. The van der Waals surface area contributed by atoms with Gasteiger partial charge >= 0.3 is 0 Å². The first-order valence-electron chi connectivity index (χ1n) is 8.24. The van der Waals surface area contributed by atoms with E-state index in [0.717, 1.165) is 13.0 Å². The normalized spacial score (nSPS) is 26.8. The van der Waals surface area contributed by atoms with Crippen molar-refractivity contribution in [2.45, 2.75) is 57.8 Å². The number of hydrogen-bond donors (Lipinski definition) is 1. The molecule has 1 aromatic carbocycles. The van der Waals surface area contributed by atoms with Crippen LogP contribution in [-0.2, 0) is 16.1 Å². The number of anilines is 1. The summed E-state index contributed by atoms with van der Waals surface area (Å²) < 4.78 is 11.2. The van der Waals surface area contributed by atoms with E-state index < -0.39 is 0 Å². The van der Waals surface area contributed by atoms with Gasteiger partial charge in [-0.2, -0.15) is 0 Å². The van der Waals surface area contributed by atoms with E-state index in [0.29, 0.717) is 24.2 Å². The van der Waals surface area contributed by atoms with Crippen LogP contribution in [0.2, 0.25) is 0 Å². The molecule has 0 saturated heterocycles. The fraction of sp³-hybridized carbons (Fsp3) is 0.667. The molecular formula is C18H27NO2. The Morgan fingerprint density at radius 3 is 2.81 bits per heavy atom. The summed E-state index contributed by atoms with van der Waals surface area (Å²) in [6.07, 6.45) is 6.93. The van der Waals surface area contributed by atoms with Crippen LogP contribution in [0, 0.1) is 5.41 Å². The van der Waals surface area contributed by atoms with E-state index >= 15 is 0 Å². The number of rotatable bonds is 6. The van der Waals surface area contributed by atoms with E-state index in [4.69, 9.17) is 9.47 Å². The van der Waals surface area contributed by atoms with Crippen molar-refractivity contribution in [1.29, 1.82) is 0 Å². The molecule has 21 heavy (non-hydrogen) atoms. The minimum Gasteiger partial charge on any atom is -0.382 e. The highest BCUT2D eigenvalue weighted by Crippen LogP contribution is 2.55. The lowest BCUT2D eigenvalue weighted by atomic mass is 9.60. The predicted octanol–water partition coefficient (Wildman–Crippen LogP) is 3.98. The maximum absolute atomic E-state index is 5.99. The average Bonchev–Trinajstić information content (AvgIpc) is 3.00. The molecule has 3 nitrogen and oxygen atoms in total. The first-order valence-corrected chi connectivity index (χ1v) is 8.24. The molecule has 2 fully saturated rings. The molecule has 2 aliphatic rings. The summed E-state index contributed by atoms with van der Waals surface area (Å²) in [5, 5.41) is 3.76. The Hall–Kier alpha value is -1.06. The quantitative estimate of drug-likeness (QED) is 0.859. The van der Waals surface area contributed by atoms with Gasteiger partial charge < -0.3 is 14.8 Å². The lowest BCUT2D eigenvalue weighted by Gasteiger charge is -2.54. The summed E-state index contributed by atoms with van der Waals surface area (Å²) in [5.41, 5.74) is 2.83. The van der Waals surface area contributed by atoms with Crippen molar-refractivity contribution in [3.8, 4) is 0 Å². The highest BCUT2D eigenvalue weighted by molar-refractivity contribution is 5.48. The van der Waals surface area contributed by atoms with Crippen molar-refractivity contribution in [3.05, 3.63) is 29.8 Å². The van der Waals surface area contributed by atoms with Crippen molar-refractivity contribution in [2.24, 2.45) is 5.41 Å². The molecule has 2 atom stereocenters. The first kappa shape index (κ1) is 14.9. The van der Waals surface area contributed by atoms with Crippen molar-refractivity contribution in [1.82, 2.24) is 0 Å². The number of ether oxygens (including phenoxy) is 2. The third kappa shape index (κ3) is 2.82. The maximum Gasteiger partial charge on any atom is 0.0713 e. The van der Waals surface area contributed by atoms with Gasteiger partial charge in [-0.15, -0.1) is 0 Å². The maximum atomic E-state index is 5.99. The zero-order chi connectivity index (χ0) is 14.7. The molecule has 116 valence electrons. The van der Waals surface area contributed by atoms with Gasteiger partial charge in [-0.1, -0.05) is 25.0 Å². The second kappa shape index (κ2) is 6.37. The van der Waals surface area contributed by atoms with Crippen LogP contribution in [0.4, 0.5) is 5.69 Å². The van der Waals surface area contributed by atoms with Gasteiger partial charge in [0.25, 0.3) is 0 Å². The van der Waals surface area contributed by atoms with Crippen LogP contribution in [-0.4, -0.2) is 25.9 Å². The summed E-state index contributed by atoms with van der Waals surface area (Å²) in [4.78, 5) is 0. The summed E-state index contributed by atoms with van der Waals surface area (Å²) >= 11 is 0. The Balaban J connectivity index is 1.69. The number of nitrogens with one attached hydrogen (secondary N) is 1. The minimum atomic E-state index is 0.382. The van der Waals surface area contributed by atoms with Gasteiger partial charge in [-0.05, 0) is 43.9 Å². The largest absolute Gasteiger partial charge is 0.382 e. The standard InChI is InChI=1S/C18H27NO2/c1-3-21-17-12-16(18(17)9-4-5-10-18)19-15-8-6-7-14(11-15)13-20-2/h6-8,11,16-17,19H,3-5,9-10,12-13H2,1-2H3. The van der Waals surface area contributed by atoms with Crippen molar-refractivity contribution in [2.75, 3.05) is 19.0 Å². The molecule has 0 radical (unpaired) electrons. The van der Waals surface area contributed by atoms with Crippen LogP contribution in [0.1, 0.15) is 44.6 Å². The molecule has 0 aromatic heterocycles. The van der Waals surface area contributed by atoms with E-state index in [1.165, 1.54) is 36.9 Å². The van der Waals surface area contributed by atoms with E-state index in [1.807, 2.05) is 0 Å². The van der Waals surface area contributed by atoms with Gasteiger partial charge in [0.2, 0.25) is 0 Å². The molecule has 0 aliphatic heterocycles. The van der Waals surface area contributed by atoms with Gasteiger partial charge in [0.05, 0.1) is 12.7 Å². The third-order valence-electron chi connectivity index (χ3n) is 5.27. The SMILES string of the molecule is CCOC1CC(Nc2cccc(COC)c2)C12CCCC2. The molecule has 1 N–H and O–H groups in total. The Kier molecular flexibility index (Phi) is 4.51. The van der Waals surface area contributed by atoms with Crippen LogP contribution in [0.3, 0.4) is 0 Å². The van der Waals surface area contributed by atoms with Crippen LogP contribution < -0.4 is 5.32 Å². The van der Waals surface area contributed by atoms with E-state index in [-0.39, 0.29) is 0 Å². The van der Waals surface area contributed by atoms with Crippen LogP contribution in [0.25, 0.3) is 0 Å². The van der Waals surface area contributed by atoms with E-state index in [1.54, 1.807) is 7.11 Å². The van der Waals surface area contributed by atoms with Gasteiger partial charge in [0.15, 0.2) is 0 Å². The van der Waals surface area contributed by atoms with Crippen LogP contribution in [0.15, 0.2) is 24.3 Å². The van der Waals surface area contributed by atoms with Gasteiger partial charge in [-0.3, -0.25) is 0 Å². The van der Waals surface area contributed by atoms with Crippen molar-refractivity contribution >= 4 is 5.69 Å². The molecule has 2 aliphatic carbocycles. The zero-order valence-electron chi connectivity index (χ0n) is 13.2. The molecular weight excluding hydrogens is 262 g/mol. The average molecular weight is 289 g/mol. The number of methoxy groups -OCH3 is 1. The summed E-state index contributed by atoms with van der Waals surface area (Å²) in [6.45, 7) is 3.62. The van der Waals surface area contributed by atoms with Gasteiger partial charge in [0, 0.05) is 30.9 Å².